The van der Waals surface area contributed by atoms with E-state index in [9.17, 15) is 0 Å². The van der Waals surface area contributed by atoms with Crippen molar-refractivity contribution in [3.05, 3.63) is 78.5 Å². The molecule has 0 aliphatic rings. The largest absolute Gasteiger partial charge is 0.356 e. The van der Waals surface area contributed by atoms with Crippen LogP contribution in [-0.2, 0) is 6.42 Å². The lowest BCUT2D eigenvalue weighted by atomic mass is 9.93. The molecule has 0 bridgehead atoms. The van der Waals surface area contributed by atoms with Crippen LogP contribution >= 0.6 is 0 Å². The average Bonchev–Trinajstić information content (AvgIpc) is 2.60. The second-order valence-electron chi connectivity index (χ2n) is 6.61. The minimum absolute atomic E-state index is 0.558. The Kier molecular flexibility index (Phi) is 6.43. The molecular weight excluding hydrogens is 290 g/mol. The predicted octanol–water partition coefficient (Wildman–Crippen LogP) is 6.93. The van der Waals surface area contributed by atoms with Crippen LogP contribution in [0.3, 0.4) is 0 Å². The highest BCUT2D eigenvalue weighted by molar-refractivity contribution is 5.72. The van der Waals surface area contributed by atoms with E-state index < -0.39 is 0 Å². The summed E-state index contributed by atoms with van der Waals surface area (Å²) in [5, 5.41) is 3.30. The van der Waals surface area contributed by atoms with E-state index in [1.54, 1.807) is 6.08 Å². The Morgan fingerprint density at radius 2 is 1.83 bits per heavy atom. The van der Waals surface area contributed by atoms with E-state index in [0.29, 0.717) is 5.92 Å². The maximum atomic E-state index is 3.94. The molecule has 1 heteroatoms. The molecule has 0 fully saturated rings. The zero-order valence-corrected chi connectivity index (χ0v) is 15.2. The summed E-state index contributed by atoms with van der Waals surface area (Å²) in [7, 11) is 0. The molecule has 0 amide bonds. The number of hydrogen-bond donors (Lipinski definition) is 1. The normalized spacial score (nSPS) is 10.7. The molecule has 126 valence electrons. The molecule has 24 heavy (non-hydrogen) atoms. The summed E-state index contributed by atoms with van der Waals surface area (Å²) < 4.78 is 0. The molecule has 2 rings (SSSR count). The minimum atomic E-state index is 0.558. The van der Waals surface area contributed by atoms with Gasteiger partial charge in [-0.3, -0.25) is 0 Å². The summed E-state index contributed by atoms with van der Waals surface area (Å²) in [6.45, 7) is 14.4. The molecule has 0 heterocycles. The molecule has 0 aromatic heterocycles. The molecule has 1 nitrogen and oxygen atoms in total. The summed E-state index contributed by atoms with van der Waals surface area (Å²) in [6, 6.07) is 15.6. The molecule has 0 aliphatic heterocycles. The second kappa shape index (κ2) is 8.54. The summed E-state index contributed by atoms with van der Waals surface area (Å²) in [5.41, 5.74) is 7.24. The monoisotopic (exact) mass is 319 g/mol. The van der Waals surface area contributed by atoms with Gasteiger partial charge in [-0.25, -0.2) is 0 Å². The summed E-state index contributed by atoms with van der Waals surface area (Å²) >= 11 is 0. The van der Waals surface area contributed by atoms with Crippen LogP contribution in [0.15, 0.2) is 67.4 Å². The zero-order chi connectivity index (χ0) is 17.5. The first-order valence-corrected chi connectivity index (χ1v) is 8.86. The highest BCUT2D eigenvalue weighted by atomic mass is 14.9. The van der Waals surface area contributed by atoms with Crippen LogP contribution in [0.25, 0.3) is 11.1 Å². The van der Waals surface area contributed by atoms with Gasteiger partial charge in [0.15, 0.2) is 0 Å². The van der Waals surface area contributed by atoms with Crippen LogP contribution in [-0.4, -0.2) is 0 Å². The molecule has 0 saturated carbocycles. The molecule has 2 aromatic carbocycles. The molecule has 0 aliphatic carbocycles. The number of aryl methyl sites for hydroxylation is 1. The van der Waals surface area contributed by atoms with Gasteiger partial charge in [0.05, 0.1) is 0 Å². The van der Waals surface area contributed by atoms with Gasteiger partial charge in [-0.15, -0.1) is 0 Å². The first kappa shape index (κ1) is 18.1. The van der Waals surface area contributed by atoms with Crippen molar-refractivity contribution in [2.24, 2.45) is 0 Å². The minimum Gasteiger partial charge on any atom is -0.356 e. The molecule has 0 unspecified atom stereocenters. The topological polar surface area (TPSA) is 12.0 Å². The van der Waals surface area contributed by atoms with Crippen molar-refractivity contribution < 1.29 is 0 Å². The van der Waals surface area contributed by atoms with Crippen LogP contribution in [0.4, 0.5) is 5.69 Å². The van der Waals surface area contributed by atoms with Crippen LogP contribution in [0.5, 0.6) is 0 Å². The highest BCUT2D eigenvalue weighted by Gasteiger charge is 2.08. The van der Waals surface area contributed by atoms with Gasteiger partial charge in [0.25, 0.3) is 0 Å². The van der Waals surface area contributed by atoms with E-state index in [-0.39, 0.29) is 0 Å². The van der Waals surface area contributed by atoms with Crippen LogP contribution in [0.2, 0.25) is 0 Å². The molecule has 0 spiro atoms. The summed E-state index contributed by atoms with van der Waals surface area (Å²) in [6.07, 6.45) is 5.27. The van der Waals surface area contributed by atoms with Gasteiger partial charge in [0.1, 0.15) is 0 Å². The highest BCUT2D eigenvalue weighted by Crippen LogP contribution is 2.30. The first-order chi connectivity index (χ1) is 11.5. The van der Waals surface area contributed by atoms with Crippen molar-refractivity contribution in [1.29, 1.82) is 0 Å². The lowest BCUT2D eigenvalue weighted by molar-refractivity contribution is 0.796. The van der Waals surface area contributed by atoms with Gasteiger partial charge < -0.3 is 5.32 Å². The van der Waals surface area contributed by atoms with Gasteiger partial charge in [-0.05, 0) is 59.2 Å². The Hall–Kier alpha value is -2.28. The van der Waals surface area contributed by atoms with Crippen molar-refractivity contribution in [3.8, 4) is 11.1 Å². The summed E-state index contributed by atoms with van der Waals surface area (Å²) in [5.74, 6) is 0.558. The summed E-state index contributed by atoms with van der Waals surface area (Å²) in [4.78, 5) is 0. The molecule has 0 saturated heterocycles. The van der Waals surface area contributed by atoms with Gasteiger partial charge in [-0.2, -0.15) is 0 Å². The first-order valence-electron chi connectivity index (χ1n) is 8.86. The molecule has 1 N–H and O–H groups in total. The van der Waals surface area contributed by atoms with Crippen molar-refractivity contribution in [2.75, 3.05) is 5.32 Å². The number of unbranched alkanes of at least 4 members (excludes halogenated alkanes) is 1. The number of allylic oxidation sites excluding steroid dienone is 1. The third-order valence-electron chi connectivity index (χ3n) is 4.35. The van der Waals surface area contributed by atoms with Crippen LogP contribution < -0.4 is 5.32 Å². The lowest BCUT2D eigenvalue weighted by Crippen LogP contribution is -1.98. The molecular formula is C23H29N. The SMILES string of the molecule is C=CC(=C)Nc1ccc(CCCC)c(-c2ccc(C(C)C)cc2)c1. The fourth-order valence-electron chi connectivity index (χ4n) is 2.79. The molecule has 2 aromatic rings. The third kappa shape index (κ3) is 4.61. The number of hydrogen-bond acceptors (Lipinski definition) is 1. The van der Waals surface area contributed by atoms with Crippen LogP contribution in [0.1, 0.15) is 50.7 Å². The maximum Gasteiger partial charge on any atom is 0.0390 e. The Labute approximate surface area is 147 Å². The van der Waals surface area contributed by atoms with E-state index in [2.05, 4.69) is 81.7 Å². The predicted molar refractivity (Wildman–Crippen MR) is 108 cm³/mol. The number of rotatable bonds is 8. The van der Waals surface area contributed by atoms with Gasteiger partial charge in [0.2, 0.25) is 0 Å². The number of nitrogens with one attached hydrogen (secondary N) is 1. The second-order valence-corrected chi connectivity index (χ2v) is 6.61. The Balaban J connectivity index is 2.40. The van der Waals surface area contributed by atoms with Gasteiger partial charge >= 0.3 is 0 Å². The smallest absolute Gasteiger partial charge is 0.0390 e. The van der Waals surface area contributed by atoms with Crippen molar-refractivity contribution in [2.45, 2.75) is 46.0 Å². The van der Waals surface area contributed by atoms with Gasteiger partial charge in [0, 0.05) is 11.4 Å². The number of benzene rings is 2. The zero-order valence-electron chi connectivity index (χ0n) is 15.2. The Morgan fingerprint density at radius 3 is 2.42 bits per heavy atom. The fraction of sp³-hybridized carbons (Fsp3) is 0.304. The van der Waals surface area contributed by atoms with Crippen molar-refractivity contribution >= 4 is 5.69 Å². The van der Waals surface area contributed by atoms with E-state index >= 15 is 0 Å². The average molecular weight is 319 g/mol. The third-order valence-corrected chi connectivity index (χ3v) is 4.35. The van der Waals surface area contributed by atoms with E-state index in [0.717, 1.165) is 17.8 Å². The van der Waals surface area contributed by atoms with Crippen molar-refractivity contribution in [3.63, 3.8) is 0 Å². The quantitative estimate of drug-likeness (QED) is 0.520. The van der Waals surface area contributed by atoms with Crippen molar-refractivity contribution in [1.82, 2.24) is 0 Å². The maximum absolute atomic E-state index is 3.94. The standard InChI is InChI=1S/C23H29N/c1-6-8-9-20-14-15-22(24-18(5)7-2)16-23(20)21-12-10-19(11-13-21)17(3)4/h7,10-17,24H,2,5-6,8-9H2,1,3-4H3. The molecule has 0 radical (unpaired) electrons. The lowest BCUT2D eigenvalue weighted by Gasteiger charge is -2.14. The molecule has 0 atom stereocenters. The van der Waals surface area contributed by atoms with Gasteiger partial charge in [-0.1, -0.05) is 70.7 Å². The van der Waals surface area contributed by atoms with Crippen LogP contribution in [0, 0.1) is 0 Å². The van der Waals surface area contributed by atoms with E-state index in [4.69, 9.17) is 0 Å². The Morgan fingerprint density at radius 1 is 1.12 bits per heavy atom. The Bertz CT molecular complexity index is 692. The van der Waals surface area contributed by atoms with E-state index in [1.807, 2.05) is 0 Å². The van der Waals surface area contributed by atoms with E-state index in [1.165, 1.54) is 35.1 Å². The fourth-order valence-corrected chi connectivity index (χ4v) is 2.79. The number of anilines is 1.